The lowest BCUT2D eigenvalue weighted by molar-refractivity contribution is 0.185. The Morgan fingerprint density at radius 1 is 1.26 bits per heavy atom. The van der Waals surface area contributed by atoms with E-state index in [1.54, 1.807) is 20.4 Å². The lowest BCUT2D eigenvalue weighted by atomic mass is 10.2. The minimum absolute atomic E-state index is 0.606. The second-order valence-corrected chi connectivity index (χ2v) is 4.14. The number of rotatable bonds is 7. The number of nitrogens with zero attached hydrogens (tertiary/aromatic N) is 2. The van der Waals surface area contributed by atoms with Crippen LogP contribution in [0, 0.1) is 0 Å². The van der Waals surface area contributed by atoms with E-state index in [9.17, 15) is 0 Å². The van der Waals surface area contributed by atoms with Gasteiger partial charge in [-0.1, -0.05) is 12.1 Å². The number of ether oxygens (including phenoxy) is 2. The fourth-order valence-corrected chi connectivity index (χ4v) is 1.87. The van der Waals surface area contributed by atoms with Crippen LogP contribution < -0.4 is 5.32 Å². The highest BCUT2D eigenvalue weighted by molar-refractivity contribution is 5.43. The summed E-state index contributed by atoms with van der Waals surface area (Å²) in [4.78, 5) is 4.31. The molecule has 0 radical (unpaired) electrons. The van der Waals surface area contributed by atoms with E-state index in [1.807, 2.05) is 29.0 Å². The van der Waals surface area contributed by atoms with E-state index >= 15 is 0 Å². The highest BCUT2D eigenvalue weighted by Gasteiger charge is 2.04. The molecule has 0 fully saturated rings. The van der Waals surface area contributed by atoms with E-state index in [2.05, 4.69) is 16.4 Å². The quantitative estimate of drug-likeness (QED) is 0.775. The predicted octanol–water partition coefficient (Wildman–Crippen LogP) is 2.08. The maximum absolute atomic E-state index is 5.15. The van der Waals surface area contributed by atoms with Crippen LogP contribution in [0.1, 0.15) is 5.56 Å². The van der Waals surface area contributed by atoms with Crippen molar-refractivity contribution in [2.75, 3.05) is 32.7 Å². The van der Waals surface area contributed by atoms with E-state index in [0.717, 1.165) is 23.7 Å². The minimum Gasteiger partial charge on any atom is -0.383 e. The number of anilines is 1. The van der Waals surface area contributed by atoms with Crippen molar-refractivity contribution in [3.05, 3.63) is 42.2 Å². The van der Waals surface area contributed by atoms with E-state index in [0.29, 0.717) is 13.2 Å². The normalized spacial score (nSPS) is 10.6. The summed E-state index contributed by atoms with van der Waals surface area (Å²) in [6, 6.07) is 8.19. The SMILES string of the molecule is COCCNc1nccn1-c1cccc(COC)c1. The molecule has 102 valence electrons. The molecule has 0 bridgehead atoms. The Morgan fingerprint density at radius 2 is 2.16 bits per heavy atom. The molecular weight excluding hydrogens is 242 g/mol. The third-order valence-electron chi connectivity index (χ3n) is 2.73. The van der Waals surface area contributed by atoms with E-state index in [4.69, 9.17) is 9.47 Å². The standard InChI is InChI=1S/C14H19N3O2/c1-18-9-7-16-14-15-6-8-17(14)13-5-3-4-12(10-13)11-19-2/h3-6,8,10H,7,9,11H2,1-2H3,(H,15,16). The zero-order valence-corrected chi connectivity index (χ0v) is 11.3. The molecular formula is C14H19N3O2. The third-order valence-corrected chi connectivity index (χ3v) is 2.73. The van der Waals surface area contributed by atoms with Crippen molar-refractivity contribution in [3.63, 3.8) is 0 Å². The van der Waals surface area contributed by atoms with Crippen LogP contribution in [0.2, 0.25) is 0 Å². The van der Waals surface area contributed by atoms with Crippen LogP contribution in [-0.4, -0.2) is 36.9 Å². The molecule has 19 heavy (non-hydrogen) atoms. The second-order valence-electron chi connectivity index (χ2n) is 4.14. The maximum Gasteiger partial charge on any atom is 0.207 e. The van der Waals surface area contributed by atoms with Crippen molar-refractivity contribution in [1.82, 2.24) is 9.55 Å². The highest BCUT2D eigenvalue weighted by atomic mass is 16.5. The molecule has 0 unspecified atom stereocenters. The van der Waals surface area contributed by atoms with Crippen molar-refractivity contribution in [2.24, 2.45) is 0 Å². The number of benzene rings is 1. The van der Waals surface area contributed by atoms with Gasteiger partial charge in [0.25, 0.3) is 0 Å². The maximum atomic E-state index is 5.15. The van der Waals surface area contributed by atoms with Crippen LogP contribution in [0.5, 0.6) is 0 Å². The minimum atomic E-state index is 0.606. The first kappa shape index (κ1) is 13.6. The second kappa shape index (κ2) is 6.92. The van der Waals surface area contributed by atoms with Gasteiger partial charge in [0.1, 0.15) is 0 Å². The summed E-state index contributed by atoms with van der Waals surface area (Å²) in [6.07, 6.45) is 3.71. The zero-order chi connectivity index (χ0) is 13.5. The van der Waals surface area contributed by atoms with Gasteiger partial charge in [-0.2, -0.15) is 0 Å². The molecule has 0 saturated carbocycles. The lowest BCUT2D eigenvalue weighted by Crippen LogP contribution is -2.11. The fraction of sp³-hybridized carbons (Fsp3) is 0.357. The number of hydrogen-bond acceptors (Lipinski definition) is 4. The molecule has 1 aromatic carbocycles. The molecule has 2 aromatic rings. The van der Waals surface area contributed by atoms with Crippen molar-refractivity contribution >= 4 is 5.95 Å². The van der Waals surface area contributed by atoms with Gasteiger partial charge in [0, 0.05) is 38.8 Å². The summed E-state index contributed by atoms with van der Waals surface area (Å²) in [5.41, 5.74) is 2.20. The van der Waals surface area contributed by atoms with Crippen molar-refractivity contribution < 1.29 is 9.47 Å². The molecule has 0 aliphatic rings. The molecule has 1 N–H and O–H groups in total. The average molecular weight is 261 g/mol. The molecule has 5 heteroatoms. The first-order chi connectivity index (χ1) is 9.35. The summed E-state index contributed by atoms with van der Waals surface area (Å²) in [6.45, 7) is 1.98. The molecule has 5 nitrogen and oxygen atoms in total. The number of nitrogens with one attached hydrogen (secondary N) is 1. The summed E-state index contributed by atoms with van der Waals surface area (Å²) in [5, 5.41) is 3.24. The van der Waals surface area contributed by atoms with Gasteiger partial charge < -0.3 is 14.8 Å². The number of hydrogen-bond donors (Lipinski definition) is 1. The molecule has 1 aromatic heterocycles. The first-order valence-electron chi connectivity index (χ1n) is 6.19. The average Bonchev–Trinajstić information content (AvgIpc) is 2.88. The summed E-state index contributed by atoms with van der Waals surface area (Å²) < 4.78 is 12.2. The molecule has 0 saturated heterocycles. The Morgan fingerprint density at radius 3 is 2.95 bits per heavy atom. The monoisotopic (exact) mass is 261 g/mol. The van der Waals surface area contributed by atoms with Crippen molar-refractivity contribution in [2.45, 2.75) is 6.61 Å². The summed E-state index contributed by atoms with van der Waals surface area (Å²) >= 11 is 0. The highest BCUT2D eigenvalue weighted by Crippen LogP contribution is 2.16. The van der Waals surface area contributed by atoms with Gasteiger partial charge in [-0.3, -0.25) is 4.57 Å². The smallest absolute Gasteiger partial charge is 0.207 e. The van der Waals surface area contributed by atoms with Gasteiger partial charge in [-0.25, -0.2) is 4.98 Å². The van der Waals surface area contributed by atoms with Crippen LogP contribution in [0.25, 0.3) is 5.69 Å². The predicted molar refractivity (Wildman–Crippen MR) is 74.6 cm³/mol. The Labute approximate surface area is 113 Å². The first-order valence-corrected chi connectivity index (χ1v) is 6.19. The molecule has 0 amide bonds. The Hall–Kier alpha value is -1.85. The zero-order valence-electron chi connectivity index (χ0n) is 11.3. The number of imidazole rings is 1. The molecule has 2 rings (SSSR count). The largest absolute Gasteiger partial charge is 0.383 e. The van der Waals surface area contributed by atoms with E-state index < -0.39 is 0 Å². The molecule has 0 aliphatic heterocycles. The van der Waals surface area contributed by atoms with Gasteiger partial charge in [0.05, 0.1) is 13.2 Å². The van der Waals surface area contributed by atoms with Crippen molar-refractivity contribution in [1.29, 1.82) is 0 Å². The molecule has 0 atom stereocenters. The Kier molecular flexibility index (Phi) is 4.94. The van der Waals surface area contributed by atoms with Gasteiger partial charge in [0.2, 0.25) is 5.95 Å². The Bertz CT molecular complexity index is 511. The third kappa shape index (κ3) is 3.56. The molecule has 0 aliphatic carbocycles. The molecule has 1 heterocycles. The van der Waals surface area contributed by atoms with Crippen LogP contribution in [0.15, 0.2) is 36.7 Å². The van der Waals surface area contributed by atoms with E-state index in [1.165, 1.54) is 0 Å². The van der Waals surface area contributed by atoms with Crippen LogP contribution in [0.3, 0.4) is 0 Å². The fourth-order valence-electron chi connectivity index (χ4n) is 1.87. The van der Waals surface area contributed by atoms with Gasteiger partial charge in [0.15, 0.2) is 0 Å². The van der Waals surface area contributed by atoms with Gasteiger partial charge >= 0.3 is 0 Å². The lowest BCUT2D eigenvalue weighted by Gasteiger charge is -2.10. The summed E-state index contributed by atoms with van der Waals surface area (Å²) in [7, 11) is 3.38. The topological polar surface area (TPSA) is 48.3 Å². The van der Waals surface area contributed by atoms with E-state index in [-0.39, 0.29) is 0 Å². The van der Waals surface area contributed by atoms with Crippen LogP contribution in [0.4, 0.5) is 5.95 Å². The number of methoxy groups -OCH3 is 2. The van der Waals surface area contributed by atoms with Crippen molar-refractivity contribution in [3.8, 4) is 5.69 Å². The van der Waals surface area contributed by atoms with Crippen LogP contribution in [-0.2, 0) is 16.1 Å². The molecule has 0 spiro atoms. The number of aromatic nitrogens is 2. The van der Waals surface area contributed by atoms with Crippen LogP contribution >= 0.6 is 0 Å². The van der Waals surface area contributed by atoms with Gasteiger partial charge in [-0.05, 0) is 17.7 Å². The summed E-state index contributed by atoms with van der Waals surface area (Å²) in [5.74, 6) is 0.812. The van der Waals surface area contributed by atoms with Gasteiger partial charge in [-0.15, -0.1) is 0 Å². The Balaban J connectivity index is 2.16.